The summed E-state index contributed by atoms with van der Waals surface area (Å²) in [5, 5.41) is 9.50. The third-order valence-electron chi connectivity index (χ3n) is 3.27. The second kappa shape index (κ2) is 6.80. The minimum Gasteiger partial charge on any atom is -0.507 e. The molecule has 0 fully saturated rings. The van der Waals surface area contributed by atoms with E-state index in [1.807, 2.05) is 6.92 Å². The molecule has 2 aromatic carbocycles. The molecule has 6 nitrogen and oxygen atoms in total. The number of phenols is 1. The van der Waals surface area contributed by atoms with Crippen LogP contribution >= 0.6 is 0 Å². The molecule has 0 heterocycles. The molecule has 7 heteroatoms. The molecule has 0 radical (unpaired) electrons. The zero-order chi connectivity index (χ0) is 17.0. The first-order valence-corrected chi connectivity index (χ1v) is 8.28. The van der Waals surface area contributed by atoms with Crippen LogP contribution in [0.1, 0.15) is 21.5 Å². The van der Waals surface area contributed by atoms with Gasteiger partial charge in [-0.1, -0.05) is 23.8 Å². The quantitative estimate of drug-likeness (QED) is 0.782. The molecule has 0 saturated heterocycles. The Morgan fingerprint density at radius 3 is 2.43 bits per heavy atom. The van der Waals surface area contributed by atoms with Crippen molar-refractivity contribution >= 4 is 16.0 Å². The van der Waals surface area contributed by atoms with Crippen LogP contribution in [0.2, 0.25) is 0 Å². The lowest BCUT2D eigenvalue weighted by Gasteiger charge is -2.07. The lowest BCUT2D eigenvalue weighted by atomic mass is 10.1. The molecule has 0 aliphatic rings. The average molecular weight is 335 g/mol. The van der Waals surface area contributed by atoms with Gasteiger partial charge < -0.3 is 10.8 Å². The summed E-state index contributed by atoms with van der Waals surface area (Å²) in [5.41, 5.74) is 6.72. The van der Waals surface area contributed by atoms with Gasteiger partial charge in [-0.2, -0.15) is 8.42 Å². The maximum atomic E-state index is 12.0. The Hall–Kier alpha value is -2.38. The Labute approximate surface area is 134 Å². The van der Waals surface area contributed by atoms with Crippen LogP contribution in [-0.2, 0) is 20.7 Å². The Kier molecular flexibility index (Phi) is 5.02. The van der Waals surface area contributed by atoms with E-state index in [1.54, 1.807) is 18.2 Å². The van der Waals surface area contributed by atoms with E-state index in [-0.39, 0.29) is 29.2 Å². The van der Waals surface area contributed by atoms with Crippen molar-refractivity contribution in [1.29, 1.82) is 0 Å². The van der Waals surface area contributed by atoms with Crippen molar-refractivity contribution in [3.05, 3.63) is 59.2 Å². The minimum atomic E-state index is -3.82. The Bertz CT molecular complexity index is 813. The minimum absolute atomic E-state index is 0.0103. The molecule has 23 heavy (non-hydrogen) atoms. The number of hydrogen-bond acceptors (Lipinski definition) is 5. The van der Waals surface area contributed by atoms with Crippen molar-refractivity contribution in [3.8, 4) is 5.75 Å². The summed E-state index contributed by atoms with van der Waals surface area (Å²) in [6.45, 7) is 1.78. The molecule has 0 unspecified atom stereocenters. The summed E-state index contributed by atoms with van der Waals surface area (Å²) in [6, 6.07) is 10.7. The van der Waals surface area contributed by atoms with E-state index in [0.29, 0.717) is 5.56 Å². The number of aromatic hydroxyl groups is 1. The number of carbonyl (C=O) groups excluding carboxylic acids is 1. The third-order valence-corrected chi connectivity index (χ3v) is 4.59. The molecule has 0 bridgehead atoms. The van der Waals surface area contributed by atoms with Crippen molar-refractivity contribution < 1.29 is 22.5 Å². The number of primary amides is 1. The predicted molar refractivity (Wildman–Crippen MR) is 84.6 cm³/mol. The van der Waals surface area contributed by atoms with Crippen LogP contribution in [0.25, 0.3) is 0 Å². The molecule has 0 atom stereocenters. The van der Waals surface area contributed by atoms with Crippen LogP contribution in [0, 0.1) is 6.92 Å². The number of aryl methyl sites for hydroxylation is 1. The lowest BCUT2D eigenvalue weighted by Crippen LogP contribution is -2.12. The maximum Gasteiger partial charge on any atom is 0.296 e. The number of amides is 1. The predicted octanol–water partition coefficient (Wildman–Crippen LogP) is 1.75. The molecule has 0 aliphatic heterocycles. The number of rotatable bonds is 6. The van der Waals surface area contributed by atoms with Crippen LogP contribution in [0.15, 0.2) is 47.4 Å². The first kappa shape index (κ1) is 17.0. The lowest BCUT2D eigenvalue weighted by molar-refractivity contribution is 0.0997. The van der Waals surface area contributed by atoms with Gasteiger partial charge in [-0.25, -0.2) is 0 Å². The maximum absolute atomic E-state index is 12.0. The highest BCUT2D eigenvalue weighted by atomic mass is 32.2. The molecule has 122 valence electrons. The smallest absolute Gasteiger partial charge is 0.296 e. The number of carbonyl (C=O) groups is 1. The second-order valence-corrected chi connectivity index (χ2v) is 6.67. The van der Waals surface area contributed by atoms with Crippen molar-refractivity contribution in [2.75, 3.05) is 6.61 Å². The van der Waals surface area contributed by atoms with Crippen LogP contribution in [0.4, 0.5) is 0 Å². The van der Waals surface area contributed by atoms with E-state index in [0.717, 1.165) is 5.56 Å². The van der Waals surface area contributed by atoms with Crippen molar-refractivity contribution in [2.45, 2.75) is 18.2 Å². The molecular formula is C16H17NO5S. The fraction of sp³-hybridized carbons (Fsp3) is 0.188. The molecule has 2 rings (SSSR count). The van der Waals surface area contributed by atoms with E-state index >= 15 is 0 Å². The van der Waals surface area contributed by atoms with E-state index < -0.39 is 16.0 Å². The van der Waals surface area contributed by atoms with Gasteiger partial charge in [0.2, 0.25) is 0 Å². The van der Waals surface area contributed by atoms with Crippen molar-refractivity contribution in [1.82, 2.24) is 0 Å². The van der Waals surface area contributed by atoms with E-state index in [4.69, 9.17) is 9.92 Å². The van der Waals surface area contributed by atoms with Gasteiger partial charge >= 0.3 is 0 Å². The Morgan fingerprint density at radius 2 is 1.83 bits per heavy atom. The second-order valence-electron chi connectivity index (χ2n) is 5.05. The van der Waals surface area contributed by atoms with Gasteiger partial charge in [-0.05, 0) is 43.2 Å². The molecule has 3 N–H and O–H groups in total. The molecular weight excluding hydrogens is 318 g/mol. The summed E-state index contributed by atoms with van der Waals surface area (Å²) >= 11 is 0. The van der Waals surface area contributed by atoms with Gasteiger partial charge in [0.1, 0.15) is 5.75 Å². The molecule has 2 aromatic rings. The fourth-order valence-electron chi connectivity index (χ4n) is 1.98. The van der Waals surface area contributed by atoms with Crippen LogP contribution in [-0.4, -0.2) is 26.0 Å². The largest absolute Gasteiger partial charge is 0.507 e. The van der Waals surface area contributed by atoms with E-state index in [9.17, 15) is 18.3 Å². The molecule has 0 saturated carbocycles. The number of benzene rings is 2. The summed E-state index contributed by atoms with van der Waals surface area (Å²) < 4.78 is 29.0. The highest BCUT2D eigenvalue weighted by Crippen LogP contribution is 2.19. The Morgan fingerprint density at radius 1 is 1.17 bits per heavy atom. The number of nitrogens with two attached hydrogens (primary N) is 1. The summed E-state index contributed by atoms with van der Waals surface area (Å²) in [4.78, 5) is 11.2. The summed E-state index contributed by atoms with van der Waals surface area (Å²) in [6.07, 6.45) is 0.256. The zero-order valence-corrected chi connectivity index (χ0v) is 13.3. The molecule has 0 aliphatic carbocycles. The fourth-order valence-corrected chi connectivity index (χ4v) is 2.89. The van der Waals surface area contributed by atoms with Gasteiger partial charge in [0.05, 0.1) is 17.1 Å². The van der Waals surface area contributed by atoms with Crippen molar-refractivity contribution in [3.63, 3.8) is 0 Å². The number of hydrogen-bond donors (Lipinski definition) is 2. The standard InChI is InChI=1S/C16H17NO5S/c1-11-2-5-13(6-3-11)23(20,21)22-9-8-12-4-7-15(18)14(10-12)16(17)19/h2-7,10,18H,8-9H2,1H3,(H2,17,19). The van der Waals surface area contributed by atoms with E-state index in [2.05, 4.69) is 0 Å². The molecule has 0 spiro atoms. The van der Waals surface area contributed by atoms with E-state index in [1.165, 1.54) is 24.3 Å². The van der Waals surface area contributed by atoms with Crippen LogP contribution in [0.3, 0.4) is 0 Å². The topological polar surface area (TPSA) is 107 Å². The monoisotopic (exact) mass is 335 g/mol. The summed E-state index contributed by atoms with van der Waals surface area (Å²) in [7, 11) is -3.82. The first-order chi connectivity index (χ1) is 10.8. The highest BCUT2D eigenvalue weighted by molar-refractivity contribution is 7.86. The van der Waals surface area contributed by atoms with Crippen LogP contribution in [0.5, 0.6) is 5.75 Å². The zero-order valence-electron chi connectivity index (χ0n) is 12.5. The van der Waals surface area contributed by atoms with Gasteiger partial charge in [0, 0.05) is 0 Å². The third kappa shape index (κ3) is 4.30. The van der Waals surface area contributed by atoms with Gasteiger partial charge in [0.25, 0.3) is 16.0 Å². The van der Waals surface area contributed by atoms with Crippen LogP contribution < -0.4 is 5.73 Å². The van der Waals surface area contributed by atoms with Gasteiger partial charge in [-0.15, -0.1) is 0 Å². The summed E-state index contributed by atoms with van der Waals surface area (Å²) in [5.74, 6) is -0.966. The average Bonchev–Trinajstić information content (AvgIpc) is 2.49. The normalized spacial score (nSPS) is 11.3. The Balaban J connectivity index is 2.03. The molecule has 0 aromatic heterocycles. The van der Waals surface area contributed by atoms with Gasteiger partial charge in [0.15, 0.2) is 0 Å². The van der Waals surface area contributed by atoms with Gasteiger partial charge in [-0.3, -0.25) is 8.98 Å². The first-order valence-electron chi connectivity index (χ1n) is 6.87. The highest BCUT2D eigenvalue weighted by Gasteiger charge is 2.15. The SMILES string of the molecule is Cc1ccc(S(=O)(=O)OCCc2ccc(O)c(C(N)=O)c2)cc1. The molecule has 1 amide bonds. The van der Waals surface area contributed by atoms with Crippen molar-refractivity contribution in [2.24, 2.45) is 5.73 Å².